The number of rotatable bonds is 7. The summed E-state index contributed by atoms with van der Waals surface area (Å²) >= 11 is 0. The van der Waals surface area contributed by atoms with Crippen molar-refractivity contribution in [2.45, 2.75) is 77.4 Å². The average molecular weight is 557 g/mol. The number of likely N-dealkylation sites (tertiary alicyclic amines) is 2. The van der Waals surface area contributed by atoms with E-state index in [4.69, 9.17) is 0 Å². The van der Waals surface area contributed by atoms with E-state index in [0.29, 0.717) is 37.2 Å². The minimum atomic E-state index is -3.16. The van der Waals surface area contributed by atoms with Crippen LogP contribution in [-0.4, -0.2) is 90.0 Å². The average Bonchev–Trinajstić information content (AvgIpc) is 2.91. The topological polar surface area (TPSA) is 98.7 Å². The van der Waals surface area contributed by atoms with Gasteiger partial charge in [-0.2, -0.15) is 0 Å². The number of piperidine rings is 2. The molecule has 2 aliphatic rings. The Kier molecular flexibility index (Phi) is 8.98. The van der Waals surface area contributed by atoms with E-state index in [-0.39, 0.29) is 17.4 Å². The minimum absolute atomic E-state index is 0.0422. The van der Waals surface area contributed by atoms with Gasteiger partial charge in [-0.25, -0.2) is 22.7 Å². The van der Waals surface area contributed by atoms with Gasteiger partial charge in [0, 0.05) is 44.3 Å². The van der Waals surface area contributed by atoms with E-state index in [1.54, 1.807) is 7.05 Å². The summed E-state index contributed by atoms with van der Waals surface area (Å²) in [5.41, 5.74) is 3.80. The summed E-state index contributed by atoms with van der Waals surface area (Å²) in [7, 11) is -1.48. The number of anilines is 1. The number of carbonyl (C=O) groups is 1. The predicted molar refractivity (Wildman–Crippen MR) is 155 cm³/mol. The van der Waals surface area contributed by atoms with Gasteiger partial charge in [-0.15, -0.1) is 0 Å². The molecule has 1 aromatic heterocycles. The first-order valence-electron chi connectivity index (χ1n) is 14.0. The number of hydrogen-bond donors (Lipinski definition) is 1. The first kappa shape index (κ1) is 29.4. The van der Waals surface area contributed by atoms with Crippen LogP contribution in [0, 0.1) is 6.92 Å². The van der Waals surface area contributed by atoms with Crippen LogP contribution in [0.1, 0.15) is 73.6 Å². The fraction of sp³-hybridized carbons (Fsp3) is 0.621. The molecule has 9 nitrogen and oxygen atoms in total. The highest BCUT2D eigenvalue weighted by molar-refractivity contribution is 7.88. The summed E-state index contributed by atoms with van der Waals surface area (Å²) in [6.45, 7) is 12.3. The molecule has 2 aliphatic heterocycles. The van der Waals surface area contributed by atoms with Gasteiger partial charge in [0.1, 0.15) is 17.8 Å². The molecule has 0 bridgehead atoms. The lowest BCUT2D eigenvalue weighted by Gasteiger charge is -2.43. The van der Waals surface area contributed by atoms with E-state index < -0.39 is 10.0 Å². The van der Waals surface area contributed by atoms with Gasteiger partial charge < -0.3 is 15.1 Å². The SMILES string of the molecule is Cc1c(NCc2ccc(C(C)(C)C)cc2)ncnc1C(=O)N1CCC(N2CCC(N(C)S(C)(=O)=O)CC2)CC1. The summed E-state index contributed by atoms with van der Waals surface area (Å²) in [6, 6.07) is 9.09. The van der Waals surface area contributed by atoms with Crippen LogP contribution in [0.3, 0.4) is 0 Å². The van der Waals surface area contributed by atoms with Gasteiger partial charge in [-0.3, -0.25) is 4.79 Å². The standard InChI is InChI=1S/C29H44N6O3S/c1-21-26(31-20-32-27(21)30-19-22-7-9-23(10-8-22)29(2,3)4)28(36)35-17-13-25(14-18-35)34-15-11-24(12-16-34)33(5)39(6,37)38/h7-10,20,24-25H,11-19H2,1-6H3,(H,30,31,32). The highest BCUT2D eigenvalue weighted by Gasteiger charge is 2.33. The van der Waals surface area contributed by atoms with E-state index >= 15 is 0 Å². The molecule has 0 unspecified atom stereocenters. The Balaban J connectivity index is 1.30. The summed E-state index contributed by atoms with van der Waals surface area (Å²) in [5, 5.41) is 3.39. The Morgan fingerprint density at radius 2 is 1.64 bits per heavy atom. The lowest BCUT2D eigenvalue weighted by molar-refractivity contribution is 0.0542. The van der Waals surface area contributed by atoms with Crippen molar-refractivity contribution in [3.63, 3.8) is 0 Å². The fourth-order valence-electron chi connectivity index (χ4n) is 5.62. The second-order valence-corrected chi connectivity index (χ2v) is 14.1. The minimum Gasteiger partial charge on any atom is -0.366 e. The van der Waals surface area contributed by atoms with E-state index in [9.17, 15) is 13.2 Å². The van der Waals surface area contributed by atoms with Crippen molar-refractivity contribution in [2.24, 2.45) is 0 Å². The molecule has 1 aromatic carbocycles. The molecule has 1 amide bonds. The van der Waals surface area contributed by atoms with Crippen molar-refractivity contribution in [1.29, 1.82) is 0 Å². The Morgan fingerprint density at radius 3 is 2.21 bits per heavy atom. The number of hydrogen-bond acceptors (Lipinski definition) is 7. The van der Waals surface area contributed by atoms with Crippen LogP contribution in [-0.2, 0) is 22.0 Å². The van der Waals surface area contributed by atoms with Crippen LogP contribution in [0.2, 0.25) is 0 Å². The molecule has 0 atom stereocenters. The highest BCUT2D eigenvalue weighted by atomic mass is 32.2. The second-order valence-electron chi connectivity index (χ2n) is 12.1. The maximum Gasteiger partial charge on any atom is 0.272 e. The molecule has 4 rings (SSSR count). The smallest absolute Gasteiger partial charge is 0.272 e. The van der Waals surface area contributed by atoms with Gasteiger partial charge in [0.25, 0.3) is 5.91 Å². The van der Waals surface area contributed by atoms with Gasteiger partial charge in [-0.05, 0) is 62.2 Å². The van der Waals surface area contributed by atoms with Crippen LogP contribution in [0.5, 0.6) is 0 Å². The molecule has 2 aromatic rings. The Bertz CT molecular complexity index is 1240. The second kappa shape index (κ2) is 11.9. The van der Waals surface area contributed by atoms with Crippen molar-refractivity contribution >= 4 is 21.7 Å². The first-order valence-corrected chi connectivity index (χ1v) is 15.8. The maximum absolute atomic E-state index is 13.4. The Morgan fingerprint density at radius 1 is 1.03 bits per heavy atom. The van der Waals surface area contributed by atoms with E-state index in [1.807, 2.05) is 11.8 Å². The lowest BCUT2D eigenvalue weighted by Crippen LogP contribution is -2.52. The van der Waals surface area contributed by atoms with Gasteiger partial charge in [0.15, 0.2) is 0 Å². The fourth-order valence-corrected chi connectivity index (χ4v) is 6.37. The van der Waals surface area contributed by atoms with Crippen LogP contribution in [0.25, 0.3) is 0 Å². The molecule has 0 spiro atoms. The Labute approximate surface area is 234 Å². The third kappa shape index (κ3) is 7.15. The molecule has 3 heterocycles. The van der Waals surface area contributed by atoms with Crippen LogP contribution in [0.4, 0.5) is 5.82 Å². The molecule has 10 heteroatoms. The van der Waals surface area contributed by atoms with E-state index in [1.165, 1.54) is 22.5 Å². The third-order valence-electron chi connectivity index (χ3n) is 8.37. The predicted octanol–water partition coefficient (Wildman–Crippen LogP) is 3.66. The zero-order valence-corrected chi connectivity index (χ0v) is 25.1. The van der Waals surface area contributed by atoms with E-state index in [0.717, 1.165) is 49.9 Å². The number of sulfonamides is 1. The van der Waals surface area contributed by atoms with Gasteiger partial charge in [-0.1, -0.05) is 45.0 Å². The third-order valence-corrected chi connectivity index (χ3v) is 9.72. The Hall–Kier alpha value is -2.56. The van der Waals surface area contributed by atoms with Gasteiger partial charge >= 0.3 is 0 Å². The molecule has 0 aliphatic carbocycles. The zero-order chi connectivity index (χ0) is 28.4. The van der Waals surface area contributed by atoms with Gasteiger partial charge in [0.05, 0.1) is 6.26 Å². The number of carbonyl (C=O) groups excluding carboxylic acids is 1. The number of nitrogens with zero attached hydrogens (tertiary/aromatic N) is 5. The normalized spacial score (nSPS) is 18.5. The van der Waals surface area contributed by atoms with Crippen LogP contribution >= 0.6 is 0 Å². The van der Waals surface area contributed by atoms with E-state index in [2.05, 4.69) is 65.2 Å². The lowest BCUT2D eigenvalue weighted by atomic mass is 9.87. The molecule has 0 radical (unpaired) electrons. The number of amides is 1. The molecule has 0 saturated carbocycles. The number of aromatic nitrogens is 2. The summed E-state index contributed by atoms with van der Waals surface area (Å²) in [5.74, 6) is 0.643. The largest absolute Gasteiger partial charge is 0.366 e. The molecular weight excluding hydrogens is 512 g/mol. The van der Waals surface area contributed by atoms with Crippen molar-refractivity contribution in [3.05, 3.63) is 53.0 Å². The molecule has 2 saturated heterocycles. The van der Waals surface area contributed by atoms with Crippen LogP contribution in [0.15, 0.2) is 30.6 Å². The monoisotopic (exact) mass is 556 g/mol. The number of benzene rings is 1. The highest BCUT2D eigenvalue weighted by Crippen LogP contribution is 2.26. The molecule has 214 valence electrons. The van der Waals surface area contributed by atoms with Crippen molar-refractivity contribution in [1.82, 2.24) is 24.1 Å². The van der Waals surface area contributed by atoms with Crippen LogP contribution < -0.4 is 5.32 Å². The molecule has 2 fully saturated rings. The van der Waals surface area contributed by atoms with Gasteiger partial charge in [0.2, 0.25) is 10.0 Å². The molecule has 39 heavy (non-hydrogen) atoms. The summed E-state index contributed by atoms with van der Waals surface area (Å²) in [6.07, 6.45) is 6.26. The molecular formula is C29H44N6O3S. The zero-order valence-electron chi connectivity index (χ0n) is 24.3. The number of nitrogens with one attached hydrogen (secondary N) is 1. The van der Waals surface area contributed by atoms with Crippen molar-refractivity contribution in [2.75, 3.05) is 44.8 Å². The summed E-state index contributed by atoms with van der Waals surface area (Å²) < 4.78 is 25.3. The molecule has 1 N–H and O–H groups in total. The van der Waals surface area contributed by atoms with Crippen molar-refractivity contribution < 1.29 is 13.2 Å². The summed E-state index contributed by atoms with van der Waals surface area (Å²) in [4.78, 5) is 26.5. The maximum atomic E-state index is 13.4. The quantitative estimate of drug-likeness (QED) is 0.556. The van der Waals surface area contributed by atoms with Crippen molar-refractivity contribution in [3.8, 4) is 0 Å². The first-order chi connectivity index (χ1) is 18.3.